The van der Waals surface area contributed by atoms with Crippen LogP contribution in [0.2, 0.25) is 0 Å². The molecule has 1 aliphatic heterocycles. The van der Waals surface area contributed by atoms with Crippen molar-refractivity contribution in [3.63, 3.8) is 0 Å². The topological polar surface area (TPSA) is 204 Å². The van der Waals surface area contributed by atoms with Crippen LogP contribution in [0.1, 0.15) is 32.7 Å². The van der Waals surface area contributed by atoms with Gasteiger partial charge in [-0.25, -0.2) is 13.1 Å². The van der Waals surface area contributed by atoms with E-state index in [9.17, 15) is 38.4 Å². The molecule has 232 valence electrons. The summed E-state index contributed by atoms with van der Waals surface area (Å²) in [5, 5.41) is 51.1. The van der Waals surface area contributed by atoms with Crippen molar-refractivity contribution >= 4 is 21.9 Å². The van der Waals surface area contributed by atoms with E-state index in [0.29, 0.717) is 0 Å². The van der Waals surface area contributed by atoms with Crippen LogP contribution in [0.25, 0.3) is 11.1 Å². The van der Waals surface area contributed by atoms with Crippen LogP contribution in [-0.2, 0) is 30.9 Å². The molecule has 1 aromatic heterocycles. The molecule has 2 aromatic carbocycles. The second-order valence-electron chi connectivity index (χ2n) is 10.6. The number of hydrogen-bond acceptors (Lipinski definition) is 10. The molecule has 0 saturated carbocycles. The zero-order valence-electron chi connectivity index (χ0n) is 23.8. The summed E-state index contributed by atoms with van der Waals surface area (Å²) < 4.78 is 35.5. The molecule has 43 heavy (non-hydrogen) atoms. The summed E-state index contributed by atoms with van der Waals surface area (Å²) in [6.07, 6.45) is -4.22. The van der Waals surface area contributed by atoms with Crippen molar-refractivity contribution in [1.29, 1.82) is 0 Å². The van der Waals surface area contributed by atoms with Crippen molar-refractivity contribution in [3.8, 4) is 11.1 Å². The summed E-state index contributed by atoms with van der Waals surface area (Å²) in [6.45, 7) is 3.25. The summed E-state index contributed by atoms with van der Waals surface area (Å²) in [7, 11) is -4.38. The predicted octanol–water partition coefficient (Wildman–Crippen LogP) is 0.361. The lowest BCUT2D eigenvalue weighted by molar-refractivity contribution is -0.219. The number of carbonyl (C=O) groups is 2. The van der Waals surface area contributed by atoms with Gasteiger partial charge in [-0.1, -0.05) is 61.5 Å². The Hall–Kier alpha value is -3.73. The molecule has 6 atom stereocenters. The number of aliphatic hydroxyl groups excluding tert-OH is 3. The fourth-order valence-corrected chi connectivity index (χ4v) is 6.73. The number of hydrogen-bond donors (Lipinski definition) is 5. The number of nitrogens with zero attached hydrogens (tertiary/aromatic N) is 4. The molecule has 15 heteroatoms. The predicted molar refractivity (Wildman–Crippen MR) is 152 cm³/mol. The Balaban J connectivity index is 1.68. The first-order chi connectivity index (χ1) is 20.3. The number of carboxylic acids is 1. The van der Waals surface area contributed by atoms with Gasteiger partial charge in [0, 0.05) is 6.92 Å². The summed E-state index contributed by atoms with van der Waals surface area (Å²) >= 11 is 0. The van der Waals surface area contributed by atoms with Crippen LogP contribution < -0.4 is 5.32 Å². The van der Waals surface area contributed by atoms with E-state index in [1.807, 2.05) is 30.3 Å². The van der Waals surface area contributed by atoms with Gasteiger partial charge in [0.2, 0.25) is 15.9 Å². The maximum Gasteiger partial charge on any atom is 0.322 e. The molecule has 1 fully saturated rings. The Labute approximate surface area is 248 Å². The molecule has 1 saturated heterocycles. The molecular weight excluding hydrogens is 582 g/mol. The molecule has 0 unspecified atom stereocenters. The number of rotatable bonds is 11. The van der Waals surface area contributed by atoms with E-state index < -0.39 is 77.6 Å². The summed E-state index contributed by atoms with van der Waals surface area (Å²) in [6, 6.07) is 12.8. The van der Waals surface area contributed by atoms with Gasteiger partial charge in [-0.2, -0.15) is 4.31 Å². The maximum absolute atomic E-state index is 13.9. The smallest absolute Gasteiger partial charge is 0.322 e. The van der Waals surface area contributed by atoms with Gasteiger partial charge < -0.3 is 30.5 Å². The lowest BCUT2D eigenvalue weighted by atomic mass is 9.96. The van der Waals surface area contributed by atoms with Gasteiger partial charge in [-0.05, 0) is 29.2 Å². The van der Waals surface area contributed by atoms with E-state index >= 15 is 0 Å². The lowest BCUT2D eigenvalue weighted by Gasteiger charge is -2.42. The van der Waals surface area contributed by atoms with Crippen molar-refractivity contribution in [2.45, 2.75) is 68.8 Å². The second-order valence-corrected chi connectivity index (χ2v) is 12.5. The van der Waals surface area contributed by atoms with E-state index in [1.165, 1.54) is 25.3 Å². The van der Waals surface area contributed by atoms with E-state index in [2.05, 4.69) is 15.6 Å². The standard InChI is InChI=1S/C28H35N5O9S/c1-16(2)24(28(38)39)33(43(40,41)21-11-9-19(10-12-21)18-7-5-4-6-8-18)14-20-13-32(31-30-20)27-23(29-17(3)35)26(37)25(36)22(15-34)42-27/h4-13,16,22-27,34,36-37H,14-15H2,1-3H3,(H,29,35)(H,38,39)/t22-,23-,24-,25-,26-,27-/m1/s1. The van der Waals surface area contributed by atoms with Crippen LogP contribution in [0.3, 0.4) is 0 Å². The first kappa shape index (κ1) is 32.2. The number of carbonyl (C=O) groups excluding carboxylic acids is 1. The van der Waals surface area contributed by atoms with Gasteiger partial charge in [0.15, 0.2) is 6.23 Å². The third kappa shape index (κ3) is 6.92. The SMILES string of the molecule is CC(=O)N[C@@H]1[C@@H](O)[C@H](O)[C@@H](CO)O[C@H]1n1cc(CN([C@@H](C(=O)O)C(C)C)S(=O)(=O)c2ccc(-c3ccccc3)cc2)nn1. The zero-order valence-corrected chi connectivity index (χ0v) is 24.6. The fraction of sp³-hybridized carbons (Fsp3) is 0.429. The number of sulfonamides is 1. The summed E-state index contributed by atoms with van der Waals surface area (Å²) in [4.78, 5) is 24.0. The summed E-state index contributed by atoms with van der Waals surface area (Å²) in [5.41, 5.74) is 1.71. The normalized spacial score (nSPS) is 23.3. The molecule has 0 bridgehead atoms. The van der Waals surface area contributed by atoms with Gasteiger partial charge in [0.05, 0.1) is 29.9 Å². The molecule has 5 N–H and O–H groups in total. The van der Waals surface area contributed by atoms with Gasteiger partial charge in [0.1, 0.15) is 30.4 Å². The first-order valence-electron chi connectivity index (χ1n) is 13.6. The highest BCUT2D eigenvalue weighted by Crippen LogP contribution is 2.30. The number of carboxylic acid groups (broad SMARTS) is 1. The number of amides is 1. The highest BCUT2D eigenvalue weighted by molar-refractivity contribution is 7.89. The van der Waals surface area contributed by atoms with Crippen molar-refractivity contribution < 1.29 is 43.2 Å². The number of nitrogens with one attached hydrogen (secondary N) is 1. The highest BCUT2D eigenvalue weighted by atomic mass is 32.2. The quantitative estimate of drug-likeness (QED) is 0.199. The minimum Gasteiger partial charge on any atom is -0.480 e. The molecule has 0 aliphatic carbocycles. The molecule has 0 spiro atoms. The van der Waals surface area contributed by atoms with E-state index in [0.717, 1.165) is 20.1 Å². The van der Waals surface area contributed by atoms with E-state index in [1.54, 1.807) is 26.0 Å². The number of ether oxygens (including phenoxy) is 1. The largest absolute Gasteiger partial charge is 0.480 e. The van der Waals surface area contributed by atoms with Gasteiger partial charge in [0.25, 0.3) is 0 Å². The number of aliphatic carboxylic acids is 1. The Morgan fingerprint density at radius 2 is 1.67 bits per heavy atom. The van der Waals surface area contributed by atoms with E-state index in [-0.39, 0.29) is 10.6 Å². The molecule has 3 aromatic rings. The Morgan fingerprint density at radius 3 is 2.23 bits per heavy atom. The molecule has 2 heterocycles. The van der Waals surface area contributed by atoms with Crippen LogP contribution in [0.5, 0.6) is 0 Å². The maximum atomic E-state index is 13.9. The molecule has 0 radical (unpaired) electrons. The average molecular weight is 618 g/mol. The zero-order chi connectivity index (χ0) is 31.5. The number of benzene rings is 2. The minimum absolute atomic E-state index is 0.0442. The number of aliphatic hydroxyl groups is 3. The molecule has 4 rings (SSSR count). The molecular formula is C28H35N5O9S. The van der Waals surface area contributed by atoms with Crippen LogP contribution in [0.4, 0.5) is 0 Å². The van der Waals surface area contributed by atoms with Crippen molar-refractivity contribution in [3.05, 3.63) is 66.5 Å². The van der Waals surface area contributed by atoms with Gasteiger partial charge >= 0.3 is 5.97 Å². The number of aromatic nitrogens is 3. The third-order valence-electron chi connectivity index (χ3n) is 7.17. The second kappa shape index (κ2) is 13.3. The average Bonchev–Trinajstić information content (AvgIpc) is 3.43. The van der Waals surface area contributed by atoms with Crippen LogP contribution >= 0.6 is 0 Å². The van der Waals surface area contributed by atoms with Gasteiger partial charge in [-0.15, -0.1) is 5.10 Å². The van der Waals surface area contributed by atoms with Crippen molar-refractivity contribution in [2.75, 3.05) is 6.61 Å². The first-order valence-corrected chi connectivity index (χ1v) is 15.0. The lowest BCUT2D eigenvalue weighted by Crippen LogP contribution is -2.62. The Bertz CT molecular complexity index is 1510. The molecule has 1 amide bonds. The Morgan fingerprint density at radius 1 is 1.05 bits per heavy atom. The van der Waals surface area contributed by atoms with E-state index in [4.69, 9.17) is 4.74 Å². The van der Waals surface area contributed by atoms with Crippen LogP contribution in [0, 0.1) is 5.92 Å². The van der Waals surface area contributed by atoms with Crippen LogP contribution in [0.15, 0.2) is 65.7 Å². The molecule has 1 aliphatic rings. The van der Waals surface area contributed by atoms with Crippen LogP contribution in [-0.4, -0.2) is 97.0 Å². The van der Waals surface area contributed by atoms with Crippen molar-refractivity contribution in [2.24, 2.45) is 5.92 Å². The molecule has 14 nitrogen and oxygen atoms in total. The Kier molecular flexibility index (Phi) is 9.94. The third-order valence-corrected chi connectivity index (χ3v) is 9.01. The monoisotopic (exact) mass is 617 g/mol. The van der Waals surface area contributed by atoms with Gasteiger partial charge in [-0.3, -0.25) is 9.59 Å². The summed E-state index contributed by atoms with van der Waals surface area (Å²) in [5.74, 6) is -2.51. The fourth-order valence-electron chi connectivity index (χ4n) is 5.04. The minimum atomic E-state index is -4.38. The highest BCUT2D eigenvalue weighted by Gasteiger charge is 2.46. The van der Waals surface area contributed by atoms with Crippen molar-refractivity contribution in [1.82, 2.24) is 24.6 Å².